The van der Waals surface area contributed by atoms with Gasteiger partial charge in [-0.3, -0.25) is 4.98 Å². The molecule has 3 aromatic rings. The van der Waals surface area contributed by atoms with Crippen molar-refractivity contribution in [1.82, 2.24) is 19.5 Å². The van der Waals surface area contributed by atoms with E-state index in [4.69, 9.17) is 0 Å². The third-order valence-corrected chi connectivity index (χ3v) is 2.95. The number of hydrogen-bond donors (Lipinski definition) is 0. The van der Waals surface area contributed by atoms with Gasteiger partial charge in [0.25, 0.3) is 0 Å². The van der Waals surface area contributed by atoms with Crippen LogP contribution < -0.4 is 0 Å². The molecule has 90 valence electrons. The zero-order valence-electron chi connectivity index (χ0n) is 10.2. The Morgan fingerprint density at radius 3 is 2.72 bits per heavy atom. The van der Waals surface area contributed by atoms with Gasteiger partial charge in [-0.25, -0.2) is 9.97 Å². The Morgan fingerprint density at radius 1 is 1.11 bits per heavy atom. The highest BCUT2D eigenvalue weighted by Gasteiger charge is 2.05. The molecule has 0 fully saturated rings. The summed E-state index contributed by atoms with van der Waals surface area (Å²) in [4.78, 5) is 12.8. The number of nitrogens with zero attached hydrogens (tertiary/aromatic N) is 4. The molecule has 0 saturated heterocycles. The monoisotopic (exact) mass is 238 g/mol. The number of pyridine rings is 2. The van der Waals surface area contributed by atoms with Gasteiger partial charge in [-0.1, -0.05) is 6.92 Å². The van der Waals surface area contributed by atoms with Crippen LogP contribution in [0.1, 0.15) is 13.3 Å². The van der Waals surface area contributed by atoms with Crippen LogP contribution in [0.4, 0.5) is 0 Å². The second kappa shape index (κ2) is 4.56. The Labute approximate surface area is 105 Å². The van der Waals surface area contributed by atoms with Gasteiger partial charge in [0, 0.05) is 30.7 Å². The van der Waals surface area contributed by atoms with Gasteiger partial charge in [0.15, 0.2) is 5.65 Å². The van der Waals surface area contributed by atoms with Gasteiger partial charge in [-0.05, 0) is 30.2 Å². The predicted octanol–water partition coefficient (Wildman–Crippen LogP) is 2.90. The summed E-state index contributed by atoms with van der Waals surface area (Å²) in [6.45, 7) is 3.13. The van der Waals surface area contributed by atoms with E-state index >= 15 is 0 Å². The molecule has 3 heterocycles. The van der Waals surface area contributed by atoms with E-state index in [9.17, 15) is 0 Å². The van der Waals surface area contributed by atoms with E-state index in [0.717, 1.165) is 35.3 Å². The second-order valence-corrected chi connectivity index (χ2v) is 4.24. The SMILES string of the molecule is CCCn1cnc2ncc(-c3ccncc3)cc21. The van der Waals surface area contributed by atoms with Crippen molar-refractivity contribution in [3.05, 3.63) is 43.1 Å². The molecule has 0 aliphatic heterocycles. The summed E-state index contributed by atoms with van der Waals surface area (Å²) in [6.07, 6.45) is 8.40. The van der Waals surface area contributed by atoms with Crippen molar-refractivity contribution < 1.29 is 0 Å². The average Bonchev–Trinajstić information content (AvgIpc) is 2.83. The minimum Gasteiger partial charge on any atom is -0.329 e. The van der Waals surface area contributed by atoms with Crippen molar-refractivity contribution in [3.63, 3.8) is 0 Å². The fourth-order valence-electron chi connectivity index (χ4n) is 2.06. The van der Waals surface area contributed by atoms with E-state index < -0.39 is 0 Å². The summed E-state index contributed by atoms with van der Waals surface area (Å²) in [5.74, 6) is 0. The lowest BCUT2D eigenvalue weighted by Crippen LogP contribution is -1.94. The van der Waals surface area contributed by atoms with Crippen LogP contribution in [0, 0.1) is 0 Å². The quantitative estimate of drug-likeness (QED) is 0.704. The topological polar surface area (TPSA) is 43.6 Å². The minimum atomic E-state index is 0.807. The summed E-state index contributed by atoms with van der Waals surface area (Å²) >= 11 is 0. The zero-order chi connectivity index (χ0) is 12.4. The van der Waals surface area contributed by atoms with Gasteiger partial charge < -0.3 is 4.57 Å². The highest BCUT2D eigenvalue weighted by molar-refractivity contribution is 5.78. The van der Waals surface area contributed by atoms with E-state index in [0.29, 0.717) is 0 Å². The highest BCUT2D eigenvalue weighted by Crippen LogP contribution is 2.21. The molecule has 0 aliphatic carbocycles. The fraction of sp³-hybridized carbons (Fsp3) is 0.214. The average molecular weight is 238 g/mol. The summed E-state index contributed by atoms with van der Waals surface area (Å²) < 4.78 is 2.15. The van der Waals surface area contributed by atoms with Gasteiger partial charge in [-0.15, -0.1) is 0 Å². The third-order valence-electron chi connectivity index (χ3n) is 2.95. The molecule has 0 bridgehead atoms. The third kappa shape index (κ3) is 1.86. The van der Waals surface area contributed by atoms with Crippen molar-refractivity contribution in [2.45, 2.75) is 19.9 Å². The van der Waals surface area contributed by atoms with Crippen LogP contribution in [0.25, 0.3) is 22.3 Å². The van der Waals surface area contributed by atoms with Gasteiger partial charge in [0.1, 0.15) is 0 Å². The Balaban J connectivity index is 2.12. The number of fused-ring (bicyclic) bond motifs is 1. The minimum absolute atomic E-state index is 0.807. The smallest absolute Gasteiger partial charge is 0.177 e. The summed E-state index contributed by atoms with van der Waals surface area (Å²) in [6, 6.07) is 6.12. The number of aromatic nitrogens is 4. The van der Waals surface area contributed by atoms with E-state index in [-0.39, 0.29) is 0 Å². The molecule has 0 amide bonds. The number of aryl methyl sites for hydroxylation is 1. The van der Waals surface area contributed by atoms with Gasteiger partial charge in [0.2, 0.25) is 0 Å². The lowest BCUT2D eigenvalue weighted by atomic mass is 10.1. The number of hydrogen-bond acceptors (Lipinski definition) is 3. The maximum atomic E-state index is 4.41. The van der Waals surface area contributed by atoms with Crippen LogP contribution in [-0.2, 0) is 6.54 Å². The standard InChI is InChI=1S/C14H14N4/c1-2-7-18-10-17-14-13(18)8-12(9-16-14)11-3-5-15-6-4-11/h3-6,8-10H,2,7H2,1H3. The van der Waals surface area contributed by atoms with Crippen LogP contribution in [-0.4, -0.2) is 19.5 Å². The normalized spacial score (nSPS) is 10.9. The molecule has 4 heteroatoms. The molecule has 0 unspecified atom stereocenters. The van der Waals surface area contributed by atoms with E-state index in [1.807, 2.05) is 24.7 Å². The van der Waals surface area contributed by atoms with Crippen molar-refractivity contribution in [2.75, 3.05) is 0 Å². The molecule has 0 saturated carbocycles. The molecule has 0 radical (unpaired) electrons. The van der Waals surface area contributed by atoms with E-state index in [1.165, 1.54) is 0 Å². The van der Waals surface area contributed by atoms with Crippen LogP contribution in [0.2, 0.25) is 0 Å². The maximum absolute atomic E-state index is 4.41. The zero-order valence-corrected chi connectivity index (χ0v) is 10.2. The summed E-state index contributed by atoms with van der Waals surface area (Å²) in [5.41, 5.74) is 4.12. The van der Waals surface area contributed by atoms with Gasteiger partial charge >= 0.3 is 0 Å². The van der Waals surface area contributed by atoms with E-state index in [1.54, 1.807) is 12.4 Å². The van der Waals surface area contributed by atoms with Crippen LogP contribution in [0.3, 0.4) is 0 Å². The van der Waals surface area contributed by atoms with Gasteiger partial charge in [-0.2, -0.15) is 0 Å². The molecule has 0 N–H and O–H groups in total. The molecular formula is C14H14N4. The fourth-order valence-corrected chi connectivity index (χ4v) is 2.06. The molecule has 0 aromatic carbocycles. The summed E-state index contributed by atoms with van der Waals surface area (Å²) in [7, 11) is 0. The van der Waals surface area contributed by atoms with Crippen LogP contribution >= 0.6 is 0 Å². The molecule has 3 aromatic heterocycles. The largest absolute Gasteiger partial charge is 0.329 e. The Bertz CT molecular complexity index is 658. The summed E-state index contributed by atoms with van der Waals surface area (Å²) in [5, 5.41) is 0. The first-order chi connectivity index (χ1) is 8.88. The lowest BCUT2D eigenvalue weighted by molar-refractivity contribution is 0.697. The molecule has 0 spiro atoms. The Hall–Kier alpha value is -2.23. The molecule has 18 heavy (non-hydrogen) atoms. The van der Waals surface area contributed by atoms with Crippen molar-refractivity contribution in [2.24, 2.45) is 0 Å². The van der Waals surface area contributed by atoms with Crippen LogP contribution in [0.5, 0.6) is 0 Å². The Kier molecular flexibility index (Phi) is 2.76. The van der Waals surface area contributed by atoms with Crippen molar-refractivity contribution in [1.29, 1.82) is 0 Å². The van der Waals surface area contributed by atoms with E-state index in [2.05, 4.69) is 32.5 Å². The van der Waals surface area contributed by atoms with Crippen LogP contribution in [0.15, 0.2) is 43.1 Å². The maximum Gasteiger partial charge on any atom is 0.177 e. The van der Waals surface area contributed by atoms with Gasteiger partial charge in [0.05, 0.1) is 11.8 Å². The first-order valence-corrected chi connectivity index (χ1v) is 6.10. The molecule has 3 rings (SSSR count). The lowest BCUT2D eigenvalue weighted by Gasteiger charge is -2.03. The highest BCUT2D eigenvalue weighted by atomic mass is 15.1. The van der Waals surface area contributed by atoms with Crippen molar-refractivity contribution >= 4 is 11.2 Å². The molecule has 0 aliphatic rings. The molecule has 4 nitrogen and oxygen atoms in total. The number of rotatable bonds is 3. The van der Waals surface area contributed by atoms with Crippen molar-refractivity contribution in [3.8, 4) is 11.1 Å². The number of imidazole rings is 1. The predicted molar refractivity (Wildman–Crippen MR) is 71.1 cm³/mol. The second-order valence-electron chi connectivity index (χ2n) is 4.24. The first kappa shape index (κ1) is 10.9. The molecule has 0 atom stereocenters. The first-order valence-electron chi connectivity index (χ1n) is 6.10. The molecular weight excluding hydrogens is 224 g/mol. The Morgan fingerprint density at radius 2 is 1.94 bits per heavy atom.